The van der Waals surface area contributed by atoms with Crippen LogP contribution in [0.4, 0.5) is 5.69 Å². The lowest BCUT2D eigenvalue weighted by atomic mass is 10.1. The van der Waals surface area contributed by atoms with Crippen molar-refractivity contribution in [1.29, 1.82) is 0 Å². The van der Waals surface area contributed by atoms with E-state index in [1.807, 2.05) is 13.8 Å². The zero-order chi connectivity index (χ0) is 25.6. The van der Waals surface area contributed by atoms with Crippen LogP contribution in [0, 0.1) is 0 Å². The van der Waals surface area contributed by atoms with Gasteiger partial charge in [-0.3, -0.25) is 13.9 Å². The van der Waals surface area contributed by atoms with E-state index in [1.54, 1.807) is 37.3 Å². The summed E-state index contributed by atoms with van der Waals surface area (Å²) in [4.78, 5) is 27.6. The van der Waals surface area contributed by atoms with Crippen LogP contribution in [-0.2, 0) is 26.2 Å². The molecule has 2 amide bonds. The van der Waals surface area contributed by atoms with Gasteiger partial charge in [-0.25, -0.2) is 8.42 Å². The second kappa shape index (κ2) is 11.8. The van der Waals surface area contributed by atoms with Gasteiger partial charge >= 0.3 is 0 Å². The minimum atomic E-state index is -3.91. The fourth-order valence-corrected chi connectivity index (χ4v) is 4.50. The molecule has 1 atom stereocenters. The number of carbonyl (C=O) groups is 2. The van der Waals surface area contributed by atoms with Crippen molar-refractivity contribution in [3.05, 3.63) is 58.1 Å². The van der Waals surface area contributed by atoms with Gasteiger partial charge in [-0.15, -0.1) is 0 Å². The van der Waals surface area contributed by atoms with Crippen LogP contribution in [-0.4, -0.2) is 57.1 Å². The first kappa shape index (κ1) is 27.8. The number of benzene rings is 2. The molecule has 186 valence electrons. The van der Waals surface area contributed by atoms with Crippen molar-refractivity contribution in [2.45, 2.75) is 39.4 Å². The maximum atomic E-state index is 13.5. The van der Waals surface area contributed by atoms with Crippen LogP contribution in [0.25, 0.3) is 0 Å². The van der Waals surface area contributed by atoms with Crippen LogP contribution in [0.2, 0.25) is 10.0 Å². The van der Waals surface area contributed by atoms with E-state index >= 15 is 0 Å². The monoisotopic (exact) mass is 529 g/mol. The number of nitrogens with one attached hydrogen (secondary N) is 1. The maximum Gasteiger partial charge on any atom is 0.244 e. The summed E-state index contributed by atoms with van der Waals surface area (Å²) >= 11 is 12.2. The molecular formula is C23H29Cl2N3O5S. The number of amides is 2. The molecule has 0 heterocycles. The summed E-state index contributed by atoms with van der Waals surface area (Å²) < 4.78 is 31.6. The highest BCUT2D eigenvalue weighted by Gasteiger charge is 2.31. The summed E-state index contributed by atoms with van der Waals surface area (Å²) in [6, 6.07) is 10.3. The molecule has 0 spiro atoms. The molecule has 1 unspecified atom stereocenters. The summed E-state index contributed by atoms with van der Waals surface area (Å²) in [7, 11) is -2.53. The van der Waals surface area contributed by atoms with E-state index in [0.29, 0.717) is 10.6 Å². The highest BCUT2D eigenvalue weighted by Crippen LogP contribution is 2.33. The van der Waals surface area contributed by atoms with Crippen molar-refractivity contribution in [2.75, 3.05) is 24.2 Å². The van der Waals surface area contributed by atoms with Crippen LogP contribution < -0.4 is 14.4 Å². The minimum absolute atomic E-state index is 0.0519. The predicted molar refractivity (Wildman–Crippen MR) is 135 cm³/mol. The van der Waals surface area contributed by atoms with E-state index in [2.05, 4.69) is 5.32 Å². The number of ether oxygens (including phenoxy) is 1. The average Bonchev–Trinajstić information content (AvgIpc) is 2.74. The second-order valence-corrected chi connectivity index (χ2v) is 10.9. The van der Waals surface area contributed by atoms with Crippen molar-refractivity contribution in [1.82, 2.24) is 10.2 Å². The molecular weight excluding hydrogens is 501 g/mol. The van der Waals surface area contributed by atoms with Gasteiger partial charge in [0, 0.05) is 22.6 Å². The van der Waals surface area contributed by atoms with Gasteiger partial charge in [-0.05, 0) is 56.7 Å². The summed E-state index contributed by atoms with van der Waals surface area (Å²) in [5, 5.41) is 3.54. The number of halogens is 2. The molecule has 0 aliphatic carbocycles. The van der Waals surface area contributed by atoms with E-state index in [0.717, 1.165) is 10.6 Å². The number of hydrogen-bond donors (Lipinski definition) is 1. The lowest BCUT2D eigenvalue weighted by molar-refractivity contribution is -0.139. The first-order valence-electron chi connectivity index (χ1n) is 10.5. The van der Waals surface area contributed by atoms with Gasteiger partial charge in [0.15, 0.2) is 0 Å². The Morgan fingerprint density at radius 1 is 1.06 bits per heavy atom. The Hall–Kier alpha value is -2.49. The van der Waals surface area contributed by atoms with Crippen LogP contribution >= 0.6 is 23.2 Å². The summed E-state index contributed by atoms with van der Waals surface area (Å²) in [6.45, 7) is 4.70. The number of anilines is 1. The third-order valence-corrected chi connectivity index (χ3v) is 6.53. The molecule has 34 heavy (non-hydrogen) atoms. The van der Waals surface area contributed by atoms with Crippen LogP contribution in [0.3, 0.4) is 0 Å². The topological polar surface area (TPSA) is 96.0 Å². The number of hydrogen-bond acceptors (Lipinski definition) is 5. The number of methoxy groups -OCH3 is 1. The number of carbonyl (C=O) groups excluding carboxylic acids is 2. The lowest BCUT2D eigenvalue weighted by Gasteiger charge is -2.32. The largest absolute Gasteiger partial charge is 0.495 e. The summed E-state index contributed by atoms with van der Waals surface area (Å²) in [6.07, 6.45) is 0.983. The SMILES string of the molecule is COc1ccc(Cl)cc1N(CC(=O)N(Cc1cccc(Cl)c1)C(C)C(=O)NC(C)C)S(C)(=O)=O. The molecule has 0 radical (unpaired) electrons. The van der Waals surface area contributed by atoms with Crippen molar-refractivity contribution in [3.8, 4) is 5.75 Å². The van der Waals surface area contributed by atoms with Gasteiger partial charge in [0.05, 0.1) is 19.1 Å². The molecule has 0 aliphatic heterocycles. The number of nitrogens with zero attached hydrogens (tertiary/aromatic N) is 2. The zero-order valence-electron chi connectivity index (χ0n) is 19.7. The van der Waals surface area contributed by atoms with E-state index in [-0.39, 0.29) is 35.0 Å². The predicted octanol–water partition coefficient (Wildman–Crippen LogP) is 3.71. The third-order valence-electron chi connectivity index (χ3n) is 4.93. The zero-order valence-corrected chi connectivity index (χ0v) is 22.0. The lowest BCUT2D eigenvalue weighted by Crippen LogP contribution is -2.52. The Bertz CT molecular complexity index is 1140. The average molecular weight is 530 g/mol. The second-order valence-electron chi connectivity index (χ2n) is 8.08. The van der Waals surface area contributed by atoms with Gasteiger partial charge in [0.2, 0.25) is 21.8 Å². The molecule has 2 aromatic carbocycles. The summed E-state index contributed by atoms with van der Waals surface area (Å²) in [5.41, 5.74) is 0.809. The van der Waals surface area contributed by atoms with Crippen LogP contribution in [0.5, 0.6) is 5.75 Å². The standard InChI is InChI=1S/C23H29Cl2N3O5S/c1-15(2)26-23(30)16(3)27(13-17-7-6-8-18(24)11-17)22(29)14-28(34(5,31)32)20-12-19(25)9-10-21(20)33-4/h6-12,15-16H,13-14H2,1-5H3,(H,26,30). The van der Waals surface area contributed by atoms with Crippen LogP contribution in [0.1, 0.15) is 26.3 Å². The molecule has 0 fully saturated rings. The Labute approximate surface area is 210 Å². The Kier molecular flexibility index (Phi) is 9.61. The smallest absolute Gasteiger partial charge is 0.244 e. The highest BCUT2D eigenvalue weighted by molar-refractivity contribution is 7.92. The first-order chi connectivity index (χ1) is 15.8. The van der Waals surface area contributed by atoms with Crippen molar-refractivity contribution in [3.63, 3.8) is 0 Å². The molecule has 11 heteroatoms. The fraction of sp³-hybridized carbons (Fsp3) is 0.391. The molecule has 0 saturated carbocycles. The highest BCUT2D eigenvalue weighted by atomic mass is 35.5. The van der Waals surface area contributed by atoms with Gasteiger partial charge in [-0.2, -0.15) is 0 Å². The molecule has 1 N–H and O–H groups in total. The quantitative estimate of drug-likeness (QED) is 0.506. The Morgan fingerprint density at radius 2 is 1.71 bits per heavy atom. The minimum Gasteiger partial charge on any atom is -0.495 e. The first-order valence-corrected chi connectivity index (χ1v) is 13.1. The molecule has 2 rings (SSSR count). The summed E-state index contributed by atoms with van der Waals surface area (Å²) in [5.74, 6) is -0.718. The third kappa shape index (κ3) is 7.51. The number of sulfonamides is 1. The van der Waals surface area contributed by atoms with E-state index in [9.17, 15) is 18.0 Å². The molecule has 0 saturated heterocycles. The molecule has 0 bridgehead atoms. The van der Waals surface area contributed by atoms with Gasteiger partial charge in [-0.1, -0.05) is 35.3 Å². The maximum absolute atomic E-state index is 13.5. The Morgan fingerprint density at radius 3 is 2.26 bits per heavy atom. The van der Waals surface area contributed by atoms with E-state index in [1.165, 1.54) is 24.1 Å². The van der Waals surface area contributed by atoms with Gasteiger partial charge < -0.3 is 15.0 Å². The van der Waals surface area contributed by atoms with Gasteiger partial charge in [0.25, 0.3) is 0 Å². The number of rotatable bonds is 10. The van der Waals surface area contributed by atoms with Crippen molar-refractivity contribution >= 4 is 50.7 Å². The van der Waals surface area contributed by atoms with Crippen molar-refractivity contribution < 1.29 is 22.7 Å². The van der Waals surface area contributed by atoms with E-state index in [4.69, 9.17) is 27.9 Å². The van der Waals surface area contributed by atoms with E-state index < -0.39 is 28.5 Å². The normalized spacial score (nSPS) is 12.2. The fourth-order valence-electron chi connectivity index (χ4n) is 3.27. The molecule has 0 aliphatic rings. The molecule has 8 nitrogen and oxygen atoms in total. The van der Waals surface area contributed by atoms with Gasteiger partial charge in [0.1, 0.15) is 18.3 Å². The molecule has 2 aromatic rings. The Balaban J connectivity index is 2.47. The molecule has 0 aromatic heterocycles. The van der Waals surface area contributed by atoms with Crippen LogP contribution in [0.15, 0.2) is 42.5 Å². The van der Waals surface area contributed by atoms with Crippen molar-refractivity contribution in [2.24, 2.45) is 0 Å².